The summed E-state index contributed by atoms with van der Waals surface area (Å²) >= 11 is 0. The van der Waals surface area contributed by atoms with Crippen LogP contribution in [0, 0.1) is 0 Å². The second-order valence-corrected chi connectivity index (χ2v) is 1.63. The molecule has 3 nitrogen and oxygen atoms in total. The summed E-state index contributed by atoms with van der Waals surface area (Å²) in [6.07, 6.45) is 2.14. The van der Waals surface area contributed by atoms with E-state index in [1.54, 1.807) is 0 Å². The molecule has 0 unspecified atom stereocenters. The van der Waals surface area contributed by atoms with E-state index >= 15 is 0 Å². The number of aldehydes is 1. The summed E-state index contributed by atoms with van der Waals surface area (Å²) in [6.45, 7) is 0. The van der Waals surface area contributed by atoms with Gasteiger partial charge in [0.25, 0.3) is 0 Å². The molecule has 0 spiro atoms. The number of pyridine rings is 1. The third kappa shape index (κ3) is 2.24. The van der Waals surface area contributed by atoms with E-state index in [-0.39, 0.29) is 25.3 Å². The molecule has 1 rings (SSSR count). The number of hydrogen-bond donors (Lipinski definition) is 1. The molecular formula is C6H5N2OOs. The first kappa shape index (κ1) is 9.26. The monoisotopic (exact) mass is 313 g/mol. The molecule has 10 heavy (non-hydrogen) atoms. The van der Waals surface area contributed by atoms with Crippen molar-refractivity contribution in [1.29, 1.82) is 0 Å². The first-order valence-corrected chi connectivity index (χ1v) is 2.49. The van der Waals surface area contributed by atoms with Crippen LogP contribution in [0.2, 0.25) is 0 Å². The molecule has 0 aliphatic heterocycles. The van der Waals surface area contributed by atoms with Crippen LogP contribution in [0.3, 0.4) is 0 Å². The fourth-order valence-electron chi connectivity index (χ4n) is 0.502. The standard InChI is InChI=1S/C6H5N2O.Os/c7-6-2-1-5(4-9)3-8-6;/h1-4H,(H-,7,8,9);/q-1;+1. The fourth-order valence-corrected chi connectivity index (χ4v) is 0.502. The molecular weight excluding hydrogens is 306 g/mol. The second-order valence-electron chi connectivity index (χ2n) is 1.63. The third-order valence-electron chi connectivity index (χ3n) is 0.956. The van der Waals surface area contributed by atoms with Crippen LogP contribution < -0.4 is 5.49 Å². The van der Waals surface area contributed by atoms with E-state index in [4.69, 9.17) is 5.41 Å². The topological polar surface area (TPSA) is 55.2 Å². The van der Waals surface area contributed by atoms with Gasteiger partial charge in [-0.15, -0.1) is 0 Å². The number of nitrogens with zero attached hydrogens (tertiary/aromatic N) is 1. The summed E-state index contributed by atoms with van der Waals surface area (Å²) in [4.78, 5) is 12.5. The Bertz CT molecular complexity index is 248. The number of nitrogens with one attached hydrogen (secondary N) is 1. The molecule has 4 heteroatoms. The number of carbonyl (C=O) groups excluding carboxylic acids is 1. The quantitative estimate of drug-likeness (QED) is 0.745. The summed E-state index contributed by atoms with van der Waals surface area (Å²) in [5.41, 5.74) is 0.577. The van der Waals surface area contributed by atoms with Crippen LogP contribution in [0.15, 0.2) is 18.3 Å². The van der Waals surface area contributed by atoms with Gasteiger partial charge in [0, 0.05) is 5.56 Å². The summed E-state index contributed by atoms with van der Waals surface area (Å²) < 4.78 is 0. The van der Waals surface area contributed by atoms with Crippen molar-refractivity contribution in [3.05, 3.63) is 34.8 Å². The van der Waals surface area contributed by atoms with Crippen LogP contribution in [0.4, 0.5) is 0 Å². The Labute approximate surface area is 71.0 Å². The van der Waals surface area contributed by atoms with Gasteiger partial charge in [-0.05, 0) is 0 Å². The van der Waals surface area contributed by atoms with Crippen LogP contribution in [0.25, 0.3) is 5.41 Å². The van der Waals surface area contributed by atoms with E-state index in [0.717, 1.165) is 0 Å². The Balaban J connectivity index is 0.000000810. The van der Waals surface area contributed by atoms with Gasteiger partial charge in [-0.3, -0.25) is 4.79 Å². The first-order valence-electron chi connectivity index (χ1n) is 2.49. The number of aromatic amines is 1. The van der Waals surface area contributed by atoms with Crippen molar-refractivity contribution in [3.8, 4) is 0 Å². The van der Waals surface area contributed by atoms with Crippen LogP contribution >= 0.6 is 0 Å². The van der Waals surface area contributed by atoms with Gasteiger partial charge in [0.05, 0.1) is 0 Å². The van der Waals surface area contributed by atoms with Crippen LogP contribution in [0.5, 0.6) is 0 Å². The minimum absolute atomic E-state index is 0. The normalized spacial score (nSPS) is 8.00. The van der Waals surface area contributed by atoms with Crippen LogP contribution in [0.1, 0.15) is 10.4 Å². The second kappa shape index (κ2) is 4.13. The van der Waals surface area contributed by atoms with E-state index in [1.165, 1.54) is 18.3 Å². The number of rotatable bonds is 1. The molecule has 1 aromatic heterocycles. The molecule has 0 atom stereocenters. The van der Waals surface area contributed by atoms with Gasteiger partial charge >= 0.3 is 19.8 Å². The van der Waals surface area contributed by atoms with E-state index in [1.807, 2.05) is 0 Å². The van der Waals surface area contributed by atoms with E-state index in [9.17, 15) is 4.79 Å². The third-order valence-corrected chi connectivity index (χ3v) is 0.956. The van der Waals surface area contributed by atoms with Crippen molar-refractivity contribution in [2.45, 2.75) is 0 Å². The van der Waals surface area contributed by atoms with Gasteiger partial charge in [0.15, 0.2) is 0 Å². The number of H-pyrrole nitrogens is 1. The maximum atomic E-state index is 10.0. The van der Waals surface area contributed by atoms with Crippen molar-refractivity contribution in [2.75, 3.05) is 0 Å². The minimum atomic E-state index is 0. The molecule has 0 fully saturated rings. The zero-order valence-corrected chi connectivity index (χ0v) is 7.56. The molecule has 1 radical (unpaired) electrons. The van der Waals surface area contributed by atoms with Crippen molar-refractivity contribution >= 4 is 6.29 Å². The Kier molecular flexibility index (Phi) is 3.83. The molecule has 1 aromatic rings. The van der Waals surface area contributed by atoms with Gasteiger partial charge in [-0.2, -0.15) is 0 Å². The summed E-state index contributed by atoms with van der Waals surface area (Å²) in [5, 5.41) is 8.68. The SMILES string of the molecule is [N-]=c1ccc(C=O)c[nH]1.[Os+]. The van der Waals surface area contributed by atoms with E-state index < -0.39 is 0 Å². The van der Waals surface area contributed by atoms with E-state index in [0.29, 0.717) is 11.8 Å². The van der Waals surface area contributed by atoms with Crippen LogP contribution in [-0.2, 0) is 19.8 Å². The molecule has 0 aliphatic rings. The van der Waals surface area contributed by atoms with Gasteiger partial charge < -0.3 is 10.4 Å². The maximum absolute atomic E-state index is 10.0. The molecule has 1 heterocycles. The average molecular weight is 311 g/mol. The van der Waals surface area contributed by atoms with Crippen molar-refractivity contribution in [1.82, 2.24) is 4.98 Å². The fraction of sp³-hybridized carbons (Fsp3) is 0. The summed E-state index contributed by atoms with van der Waals surface area (Å²) in [6, 6.07) is 2.95. The Morgan fingerprint density at radius 1 is 1.50 bits per heavy atom. The Morgan fingerprint density at radius 2 is 2.20 bits per heavy atom. The van der Waals surface area contributed by atoms with Gasteiger partial charge in [0.2, 0.25) is 0 Å². The Morgan fingerprint density at radius 3 is 2.60 bits per heavy atom. The largest absolute Gasteiger partial charge is 1.00 e. The molecule has 0 saturated carbocycles. The predicted octanol–water partition coefficient (Wildman–Crippen LogP) is 0.295. The molecule has 0 amide bonds. The Hall–Kier alpha value is -0.744. The van der Waals surface area contributed by atoms with E-state index in [2.05, 4.69) is 4.98 Å². The summed E-state index contributed by atoms with van der Waals surface area (Å²) in [7, 11) is 0. The maximum Gasteiger partial charge on any atom is 1.00 e. The zero-order chi connectivity index (χ0) is 6.69. The molecule has 0 saturated heterocycles. The van der Waals surface area contributed by atoms with Gasteiger partial charge in [0.1, 0.15) is 6.29 Å². The molecule has 0 aromatic carbocycles. The number of carbonyl (C=O) groups is 1. The average Bonchev–Trinajstić information content (AvgIpc) is 1.90. The number of hydrogen-bond acceptors (Lipinski definition) is 1. The molecule has 0 aliphatic carbocycles. The molecule has 53 valence electrons. The minimum Gasteiger partial charge on any atom is -0.465 e. The van der Waals surface area contributed by atoms with Crippen molar-refractivity contribution < 1.29 is 24.6 Å². The van der Waals surface area contributed by atoms with Crippen LogP contribution in [-0.4, -0.2) is 11.3 Å². The zero-order valence-electron chi connectivity index (χ0n) is 5.02. The smallest absolute Gasteiger partial charge is 0.465 e. The van der Waals surface area contributed by atoms with Crippen molar-refractivity contribution in [2.24, 2.45) is 0 Å². The summed E-state index contributed by atoms with van der Waals surface area (Å²) in [5.74, 6) is 0. The number of aromatic nitrogens is 1. The van der Waals surface area contributed by atoms with Gasteiger partial charge in [-0.25, -0.2) is 0 Å². The molecule has 0 bridgehead atoms. The van der Waals surface area contributed by atoms with Crippen molar-refractivity contribution in [3.63, 3.8) is 0 Å². The first-order chi connectivity index (χ1) is 4.33. The van der Waals surface area contributed by atoms with Gasteiger partial charge in [-0.1, -0.05) is 23.8 Å². The predicted molar refractivity (Wildman–Crippen MR) is 32.7 cm³/mol. The molecule has 1 N–H and O–H groups in total.